The minimum Gasteiger partial charge on any atom is -0.468 e. The van der Waals surface area contributed by atoms with Gasteiger partial charge in [-0.25, -0.2) is 27.4 Å². The Morgan fingerprint density at radius 2 is 2.00 bits per heavy atom. The van der Waals surface area contributed by atoms with Crippen LogP contribution in [0.25, 0.3) is 0 Å². The molecular weight excluding hydrogens is 346 g/mol. The van der Waals surface area contributed by atoms with E-state index >= 15 is 0 Å². The molecule has 130 valence electrons. The highest BCUT2D eigenvalue weighted by Crippen LogP contribution is 2.37. The van der Waals surface area contributed by atoms with Crippen LogP contribution in [0.15, 0.2) is 47.5 Å². The number of fused-ring (bicyclic) bond motifs is 1. The lowest BCUT2D eigenvalue weighted by molar-refractivity contribution is -0.140. The third kappa shape index (κ3) is 2.82. The van der Waals surface area contributed by atoms with Crippen molar-refractivity contribution in [1.29, 1.82) is 0 Å². The van der Waals surface area contributed by atoms with Crippen LogP contribution >= 0.6 is 0 Å². The van der Waals surface area contributed by atoms with Crippen LogP contribution in [0.1, 0.15) is 5.56 Å². The molecule has 0 fully saturated rings. The summed E-state index contributed by atoms with van der Waals surface area (Å²) in [5, 5.41) is 0. The number of benzene rings is 1. The highest BCUT2D eigenvalue weighted by atomic mass is 32.2. The van der Waals surface area contributed by atoms with E-state index in [4.69, 9.17) is 0 Å². The van der Waals surface area contributed by atoms with Crippen LogP contribution in [-0.2, 0) is 19.6 Å². The van der Waals surface area contributed by atoms with Crippen molar-refractivity contribution in [3.05, 3.63) is 48.2 Å². The van der Waals surface area contributed by atoms with E-state index in [9.17, 15) is 18.0 Å². The SMILES string of the molecule is COC(=O)CN1C(=O)N(c2cccc(C)c2)c2ncccc2S1(=O)=O. The molecule has 1 aliphatic rings. The number of methoxy groups -OCH3 is 1. The van der Waals surface area contributed by atoms with Crippen LogP contribution in [-0.4, -0.2) is 43.4 Å². The zero-order valence-electron chi connectivity index (χ0n) is 13.5. The molecule has 0 unspecified atom stereocenters. The molecule has 0 N–H and O–H groups in total. The first-order valence-corrected chi connectivity index (χ1v) is 8.75. The third-order valence-corrected chi connectivity index (χ3v) is 5.44. The average molecular weight is 361 g/mol. The van der Waals surface area contributed by atoms with Crippen LogP contribution < -0.4 is 4.90 Å². The minimum absolute atomic E-state index is 0.000726. The summed E-state index contributed by atoms with van der Waals surface area (Å²) in [6.07, 6.45) is 1.40. The summed E-state index contributed by atoms with van der Waals surface area (Å²) in [7, 11) is -3.09. The molecule has 0 atom stereocenters. The molecule has 0 bridgehead atoms. The van der Waals surface area contributed by atoms with Crippen LogP contribution in [0.3, 0.4) is 0 Å². The highest BCUT2D eigenvalue weighted by molar-refractivity contribution is 7.90. The Kier molecular flexibility index (Phi) is 4.17. The largest absolute Gasteiger partial charge is 0.468 e. The molecule has 25 heavy (non-hydrogen) atoms. The molecule has 1 aromatic heterocycles. The van der Waals surface area contributed by atoms with Crippen molar-refractivity contribution in [2.24, 2.45) is 0 Å². The van der Waals surface area contributed by atoms with Gasteiger partial charge in [-0.2, -0.15) is 0 Å². The van der Waals surface area contributed by atoms with Gasteiger partial charge >= 0.3 is 12.0 Å². The molecule has 0 saturated carbocycles. The summed E-state index contributed by atoms with van der Waals surface area (Å²) in [5.41, 5.74) is 1.34. The Morgan fingerprint density at radius 3 is 2.68 bits per heavy atom. The number of anilines is 2. The maximum Gasteiger partial charge on any atom is 0.344 e. The molecule has 2 heterocycles. The Bertz CT molecular complexity index is 958. The van der Waals surface area contributed by atoms with Crippen LogP contribution in [0.5, 0.6) is 0 Å². The van der Waals surface area contributed by atoms with Gasteiger partial charge in [-0.1, -0.05) is 12.1 Å². The number of amides is 2. The molecule has 0 saturated heterocycles. The Balaban J connectivity index is 2.21. The first-order valence-electron chi connectivity index (χ1n) is 7.31. The van der Waals surface area contributed by atoms with E-state index in [1.54, 1.807) is 18.2 Å². The van der Waals surface area contributed by atoms with Crippen LogP contribution in [0, 0.1) is 6.92 Å². The van der Waals surface area contributed by atoms with Gasteiger partial charge in [0.15, 0.2) is 5.82 Å². The number of carbonyl (C=O) groups excluding carboxylic acids is 2. The zero-order chi connectivity index (χ0) is 18.2. The number of pyridine rings is 1. The van der Waals surface area contributed by atoms with E-state index < -0.39 is 28.6 Å². The first kappa shape index (κ1) is 16.9. The highest BCUT2D eigenvalue weighted by Gasteiger charge is 2.44. The number of nitrogens with zero attached hydrogens (tertiary/aromatic N) is 3. The van der Waals surface area contributed by atoms with Gasteiger partial charge in [0.05, 0.1) is 12.8 Å². The second-order valence-electron chi connectivity index (χ2n) is 5.37. The lowest BCUT2D eigenvalue weighted by Gasteiger charge is -2.34. The van der Waals surface area contributed by atoms with Gasteiger partial charge in [-0.15, -0.1) is 0 Å². The normalized spacial score (nSPS) is 15.7. The molecule has 3 rings (SSSR count). The summed E-state index contributed by atoms with van der Waals surface area (Å²) in [6.45, 7) is 1.13. The van der Waals surface area contributed by atoms with Crippen molar-refractivity contribution >= 4 is 33.5 Å². The fraction of sp³-hybridized carbons (Fsp3) is 0.188. The summed E-state index contributed by atoms with van der Waals surface area (Å²) in [4.78, 5) is 29.6. The number of urea groups is 1. The summed E-state index contributed by atoms with van der Waals surface area (Å²) >= 11 is 0. The Morgan fingerprint density at radius 1 is 1.24 bits per heavy atom. The monoisotopic (exact) mass is 361 g/mol. The molecule has 2 amide bonds. The van der Waals surface area contributed by atoms with Gasteiger partial charge < -0.3 is 4.74 Å². The quantitative estimate of drug-likeness (QED) is 0.774. The van der Waals surface area contributed by atoms with Crippen molar-refractivity contribution in [2.75, 3.05) is 18.6 Å². The number of ether oxygens (including phenoxy) is 1. The van der Waals surface area contributed by atoms with Crippen LogP contribution in [0.4, 0.5) is 16.3 Å². The number of rotatable bonds is 3. The van der Waals surface area contributed by atoms with E-state index in [0.717, 1.165) is 12.7 Å². The molecule has 1 aliphatic heterocycles. The third-order valence-electron chi connectivity index (χ3n) is 3.70. The van der Waals surface area contributed by atoms with Crippen molar-refractivity contribution in [3.8, 4) is 0 Å². The maximum atomic E-state index is 12.9. The molecule has 2 aromatic rings. The molecule has 0 spiro atoms. The Labute approximate surface area is 144 Å². The molecule has 0 radical (unpaired) electrons. The van der Waals surface area contributed by atoms with Gasteiger partial charge in [0.1, 0.15) is 11.4 Å². The number of esters is 1. The fourth-order valence-electron chi connectivity index (χ4n) is 2.51. The van der Waals surface area contributed by atoms with Gasteiger partial charge in [0.25, 0.3) is 10.0 Å². The summed E-state index contributed by atoms with van der Waals surface area (Å²) in [6, 6.07) is 8.90. The zero-order valence-corrected chi connectivity index (χ0v) is 14.4. The summed E-state index contributed by atoms with van der Waals surface area (Å²) in [5.74, 6) is -0.840. The maximum absolute atomic E-state index is 12.9. The van der Waals surface area contributed by atoms with Crippen molar-refractivity contribution in [3.63, 3.8) is 0 Å². The molecule has 1 aromatic carbocycles. The first-order chi connectivity index (χ1) is 11.9. The van der Waals surface area contributed by atoms with Gasteiger partial charge in [-0.05, 0) is 36.8 Å². The summed E-state index contributed by atoms with van der Waals surface area (Å²) < 4.78 is 30.5. The van der Waals surface area contributed by atoms with Gasteiger partial charge in [0.2, 0.25) is 0 Å². The molecule has 8 nitrogen and oxygen atoms in total. The molecule has 0 aliphatic carbocycles. The van der Waals surface area contributed by atoms with E-state index in [-0.39, 0.29) is 10.7 Å². The lowest BCUT2D eigenvalue weighted by Crippen LogP contribution is -2.51. The van der Waals surface area contributed by atoms with E-state index in [1.807, 2.05) is 13.0 Å². The number of aryl methyl sites for hydroxylation is 1. The van der Waals surface area contributed by atoms with Crippen molar-refractivity contribution < 1.29 is 22.7 Å². The average Bonchev–Trinajstić information content (AvgIpc) is 2.59. The van der Waals surface area contributed by atoms with Gasteiger partial charge in [-0.3, -0.25) is 4.79 Å². The van der Waals surface area contributed by atoms with E-state index in [2.05, 4.69) is 9.72 Å². The van der Waals surface area contributed by atoms with Crippen molar-refractivity contribution in [1.82, 2.24) is 9.29 Å². The standard InChI is InChI=1S/C16H15N3O5S/c1-11-5-3-6-12(9-11)19-15-13(7-4-8-17-15)25(22,23)18(16(19)21)10-14(20)24-2/h3-9H,10H2,1-2H3. The molecular formula is C16H15N3O5S. The van der Waals surface area contributed by atoms with Gasteiger partial charge in [0, 0.05) is 6.20 Å². The number of hydrogen-bond donors (Lipinski definition) is 0. The number of aromatic nitrogens is 1. The van der Waals surface area contributed by atoms with Crippen LogP contribution in [0.2, 0.25) is 0 Å². The second-order valence-corrected chi connectivity index (χ2v) is 7.20. The smallest absolute Gasteiger partial charge is 0.344 e. The topological polar surface area (TPSA) is 96.9 Å². The number of sulfonamides is 1. The van der Waals surface area contributed by atoms with E-state index in [1.165, 1.54) is 23.2 Å². The number of hydrogen-bond acceptors (Lipinski definition) is 6. The predicted molar refractivity (Wildman–Crippen MR) is 88.9 cm³/mol. The fourth-order valence-corrected chi connectivity index (χ4v) is 3.93. The number of carbonyl (C=O) groups is 2. The minimum atomic E-state index is -4.21. The molecule has 9 heteroatoms. The Hall–Kier alpha value is -2.94. The van der Waals surface area contributed by atoms with Crippen molar-refractivity contribution in [2.45, 2.75) is 11.8 Å². The lowest BCUT2D eigenvalue weighted by atomic mass is 10.2. The second kappa shape index (κ2) is 6.17. The predicted octanol–water partition coefficient (Wildman–Crippen LogP) is 1.83. The van der Waals surface area contributed by atoms with E-state index in [0.29, 0.717) is 9.99 Å².